The number of hydrogen-bond acceptors (Lipinski definition) is 1. The van der Waals surface area contributed by atoms with E-state index in [1.807, 2.05) is 0 Å². The van der Waals surface area contributed by atoms with E-state index in [-0.39, 0.29) is 6.04 Å². The smallest absolute Gasteiger partial charge is 0.138 e. The van der Waals surface area contributed by atoms with Crippen molar-refractivity contribution in [3.05, 3.63) is 121 Å². The summed E-state index contributed by atoms with van der Waals surface area (Å²) in [5.41, 5.74) is 5.79. The van der Waals surface area contributed by atoms with E-state index in [1.54, 1.807) is 0 Å². The molecule has 0 saturated carbocycles. The molecule has 2 unspecified atom stereocenters. The van der Waals surface area contributed by atoms with Crippen molar-refractivity contribution >= 4 is 39.1 Å². The van der Waals surface area contributed by atoms with Crippen LogP contribution in [0.5, 0.6) is 0 Å². The second-order valence-corrected chi connectivity index (χ2v) is 8.95. The van der Waals surface area contributed by atoms with Crippen LogP contribution in [0.3, 0.4) is 0 Å². The Hall–Kier alpha value is -4.11. The van der Waals surface area contributed by atoms with Crippen LogP contribution in [0.2, 0.25) is 0 Å². The number of allylic oxidation sites excluding steroid dienone is 3. The van der Waals surface area contributed by atoms with E-state index in [0.29, 0.717) is 5.92 Å². The molecule has 34 heavy (non-hydrogen) atoms. The van der Waals surface area contributed by atoms with Gasteiger partial charge in [0.05, 0.1) is 17.1 Å². The average molecular weight is 442 g/mol. The fraction of sp³-hybridized carbons (Fsp3) is 0.129. The molecule has 2 aliphatic rings. The Morgan fingerprint density at radius 2 is 1.47 bits per heavy atom. The van der Waals surface area contributed by atoms with Crippen LogP contribution < -0.4 is 4.90 Å². The van der Waals surface area contributed by atoms with E-state index < -0.39 is 0 Å². The normalized spacial score (nSPS) is 19.6. The highest BCUT2D eigenvalue weighted by atomic mass is 15.3. The zero-order valence-electron chi connectivity index (χ0n) is 19.5. The van der Waals surface area contributed by atoms with Gasteiger partial charge in [0.1, 0.15) is 11.7 Å². The lowest BCUT2D eigenvalue weighted by Gasteiger charge is -2.30. The van der Waals surface area contributed by atoms with Gasteiger partial charge in [-0.15, -0.1) is 0 Å². The van der Waals surface area contributed by atoms with Crippen molar-refractivity contribution in [2.24, 2.45) is 4.99 Å². The molecular formula is C31H27N3. The summed E-state index contributed by atoms with van der Waals surface area (Å²) in [7, 11) is 0. The first-order valence-electron chi connectivity index (χ1n) is 11.8. The van der Waals surface area contributed by atoms with Gasteiger partial charge in [-0.2, -0.15) is 0 Å². The lowest BCUT2D eigenvalue weighted by molar-refractivity contribution is 0.754. The Morgan fingerprint density at radius 1 is 0.853 bits per heavy atom. The zero-order chi connectivity index (χ0) is 23.2. The molecule has 3 heteroatoms. The highest BCUT2D eigenvalue weighted by Gasteiger charge is 2.38. The summed E-state index contributed by atoms with van der Waals surface area (Å²) in [6.45, 7) is 8.46. The van der Waals surface area contributed by atoms with Crippen LogP contribution in [0, 0.1) is 0 Å². The minimum Gasteiger partial charge on any atom is -0.318 e. The lowest BCUT2D eigenvalue weighted by Crippen LogP contribution is -2.39. The van der Waals surface area contributed by atoms with Gasteiger partial charge >= 0.3 is 0 Å². The van der Waals surface area contributed by atoms with Crippen LogP contribution >= 0.6 is 0 Å². The first-order chi connectivity index (χ1) is 16.7. The maximum Gasteiger partial charge on any atom is 0.138 e. The second kappa shape index (κ2) is 8.03. The Kier molecular flexibility index (Phi) is 4.84. The van der Waals surface area contributed by atoms with E-state index in [1.165, 1.54) is 22.0 Å². The van der Waals surface area contributed by atoms with Gasteiger partial charge in [-0.25, -0.2) is 4.99 Å². The van der Waals surface area contributed by atoms with Gasteiger partial charge in [-0.05, 0) is 49.3 Å². The molecular weight excluding hydrogens is 414 g/mol. The lowest BCUT2D eigenvalue weighted by atomic mass is 9.91. The first kappa shape index (κ1) is 20.5. The molecule has 0 saturated heterocycles. The summed E-state index contributed by atoms with van der Waals surface area (Å²) in [6.07, 6.45) is 11.0. The van der Waals surface area contributed by atoms with Crippen LogP contribution in [0.15, 0.2) is 120 Å². The fourth-order valence-corrected chi connectivity index (χ4v) is 5.41. The second-order valence-electron chi connectivity index (χ2n) is 8.95. The van der Waals surface area contributed by atoms with Crippen LogP contribution in [0.25, 0.3) is 27.6 Å². The topological polar surface area (TPSA) is 20.5 Å². The third kappa shape index (κ3) is 3.01. The molecule has 2 atom stereocenters. The molecule has 1 aliphatic carbocycles. The van der Waals surface area contributed by atoms with Gasteiger partial charge in [-0.1, -0.05) is 85.5 Å². The van der Waals surface area contributed by atoms with Crippen LogP contribution in [-0.2, 0) is 0 Å². The van der Waals surface area contributed by atoms with Gasteiger partial charge < -0.3 is 4.90 Å². The van der Waals surface area contributed by atoms with E-state index in [2.05, 4.69) is 133 Å². The number of aromatic nitrogens is 1. The third-order valence-corrected chi connectivity index (χ3v) is 6.86. The summed E-state index contributed by atoms with van der Waals surface area (Å²) in [4.78, 5) is 7.68. The molecule has 0 amide bonds. The molecule has 6 rings (SSSR count). The summed E-state index contributed by atoms with van der Waals surface area (Å²) < 4.78 is 2.27. The quantitative estimate of drug-likeness (QED) is 0.236. The molecule has 1 aliphatic heterocycles. The summed E-state index contributed by atoms with van der Waals surface area (Å²) in [5.74, 6) is 2.11. The summed E-state index contributed by atoms with van der Waals surface area (Å²) >= 11 is 0. The third-order valence-electron chi connectivity index (χ3n) is 6.86. The molecule has 3 aromatic carbocycles. The van der Waals surface area contributed by atoms with Gasteiger partial charge in [0.15, 0.2) is 0 Å². The number of nitrogens with zero attached hydrogens (tertiary/aromatic N) is 3. The molecule has 1 aromatic heterocycles. The largest absolute Gasteiger partial charge is 0.318 e. The highest BCUT2D eigenvalue weighted by molar-refractivity contribution is 6.14. The van der Waals surface area contributed by atoms with E-state index >= 15 is 0 Å². The number of aliphatic imine (C=N–C) groups is 1. The van der Waals surface area contributed by atoms with Crippen molar-refractivity contribution in [1.29, 1.82) is 0 Å². The average Bonchev–Trinajstić information content (AvgIpc) is 3.38. The molecule has 0 spiro atoms. The SMILES string of the molecule is C=C(C)/C(=N\C(=C/C)n1c2ccccc2c2ccccc21)N1c2ccccc2C2C=CC=CC21. The molecule has 166 valence electrons. The van der Waals surface area contributed by atoms with E-state index in [0.717, 1.165) is 28.3 Å². The number of para-hydroxylation sites is 3. The van der Waals surface area contributed by atoms with E-state index in [4.69, 9.17) is 4.99 Å². The number of rotatable bonds is 3. The zero-order valence-corrected chi connectivity index (χ0v) is 19.5. The molecule has 0 bridgehead atoms. The minimum atomic E-state index is 0.189. The Morgan fingerprint density at radius 3 is 2.15 bits per heavy atom. The van der Waals surface area contributed by atoms with Crippen molar-refractivity contribution < 1.29 is 0 Å². The van der Waals surface area contributed by atoms with Crippen LogP contribution in [-0.4, -0.2) is 16.4 Å². The Balaban J connectivity index is 1.57. The molecule has 0 fully saturated rings. The summed E-state index contributed by atoms with van der Waals surface area (Å²) in [6, 6.07) is 25.9. The monoisotopic (exact) mass is 441 g/mol. The predicted octanol–water partition coefficient (Wildman–Crippen LogP) is 7.69. The summed E-state index contributed by atoms with van der Waals surface area (Å²) in [5, 5.41) is 2.47. The molecule has 2 heterocycles. The maximum absolute atomic E-state index is 5.32. The molecule has 0 N–H and O–H groups in total. The number of anilines is 1. The van der Waals surface area contributed by atoms with Gasteiger partial charge in [0.25, 0.3) is 0 Å². The first-order valence-corrected chi connectivity index (χ1v) is 11.8. The standard InChI is InChI=1S/C31H27N3/c1-4-30(33-26-17-9-5-13-22(26)23-14-6-10-18-27(23)33)32-31(21(2)3)34-28-19-11-7-15-24(28)25-16-8-12-20-29(25)34/h4-20,24,28H,2H2,1,3H3/b30-4+,32-31+. The predicted molar refractivity (Wildman–Crippen MR) is 145 cm³/mol. The number of benzene rings is 3. The Labute approximate surface area is 200 Å². The number of fused-ring (bicyclic) bond motifs is 6. The molecule has 0 radical (unpaired) electrons. The van der Waals surface area contributed by atoms with Gasteiger partial charge in [0, 0.05) is 22.4 Å². The fourth-order valence-electron chi connectivity index (χ4n) is 5.41. The Bertz CT molecular complexity index is 1510. The van der Waals surface area contributed by atoms with Crippen LogP contribution in [0.4, 0.5) is 5.69 Å². The van der Waals surface area contributed by atoms with Crippen molar-refractivity contribution in [1.82, 2.24) is 4.57 Å². The number of amidine groups is 1. The molecule has 3 nitrogen and oxygen atoms in total. The van der Waals surface area contributed by atoms with Crippen LogP contribution in [0.1, 0.15) is 25.3 Å². The molecule has 4 aromatic rings. The number of hydrogen-bond donors (Lipinski definition) is 0. The minimum absolute atomic E-state index is 0.189. The van der Waals surface area contributed by atoms with Crippen molar-refractivity contribution in [3.8, 4) is 0 Å². The maximum atomic E-state index is 5.32. The van der Waals surface area contributed by atoms with Crippen molar-refractivity contribution in [2.75, 3.05) is 4.90 Å². The van der Waals surface area contributed by atoms with Crippen molar-refractivity contribution in [2.45, 2.75) is 25.8 Å². The van der Waals surface area contributed by atoms with E-state index in [9.17, 15) is 0 Å². The highest BCUT2D eigenvalue weighted by Crippen LogP contribution is 2.44. The van der Waals surface area contributed by atoms with Gasteiger partial charge in [-0.3, -0.25) is 4.57 Å². The van der Waals surface area contributed by atoms with Crippen molar-refractivity contribution in [3.63, 3.8) is 0 Å². The van der Waals surface area contributed by atoms with Gasteiger partial charge in [0.2, 0.25) is 0 Å².